The first-order valence-corrected chi connectivity index (χ1v) is 9.45. The van der Waals surface area contributed by atoms with Crippen LogP contribution in [0.15, 0.2) is 23.6 Å². The molecule has 6 nitrogen and oxygen atoms in total. The number of anilines is 2. The van der Waals surface area contributed by atoms with Crippen LogP contribution in [-0.2, 0) is 0 Å². The summed E-state index contributed by atoms with van der Waals surface area (Å²) in [4.78, 5) is 22.5. The zero-order valence-corrected chi connectivity index (χ0v) is 15.5. The van der Waals surface area contributed by atoms with E-state index in [0.717, 1.165) is 54.1 Å². The molecule has 2 aromatic rings. The van der Waals surface area contributed by atoms with Crippen LogP contribution in [0.25, 0.3) is 0 Å². The van der Waals surface area contributed by atoms with E-state index in [-0.39, 0.29) is 0 Å². The molecule has 3 heterocycles. The Morgan fingerprint density at radius 2 is 1.79 bits per heavy atom. The summed E-state index contributed by atoms with van der Waals surface area (Å²) in [7, 11) is 2.09. The molecule has 128 valence electrons. The third kappa shape index (κ3) is 3.77. The fraction of sp³-hybridized carbons (Fsp3) is 0.529. The molecule has 0 saturated carbocycles. The van der Waals surface area contributed by atoms with Gasteiger partial charge in [-0.2, -0.15) is 0 Å². The molecule has 1 fully saturated rings. The van der Waals surface area contributed by atoms with Crippen molar-refractivity contribution in [2.75, 3.05) is 36.2 Å². The maximum absolute atomic E-state index is 4.65. The van der Waals surface area contributed by atoms with Crippen molar-refractivity contribution < 1.29 is 0 Å². The van der Waals surface area contributed by atoms with Gasteiger partial charge in [-0.05, 0) is 38.5 Å². The number of aryl methyl sites for hydroxylation is 2. The summed E-state index contributed by atoms with van der Waals surface area (Å²) in [6.45, 7) is 6.02. The van der Waals surface area contributed by atoms with Crippen molar-refractivity contribution in [2.45, 2.75) is 37.9 Å². The number of hydrogen-bond acceptors (Lipinski definition) is 7. The number of thioether (sulfide) groups is 1. The lowest BCUT2D eigenvalue weighted by molar-refractivity contribution is 0.474. The molecule has 0 radical (unpaired) electrons. The Bertz CT molecular complexity index is 682. The summed E-state index contributed by atoms with van der Waals surface area (Å²) in [5, 5.41) is 0.845. The lowest BCUT2D eigenvalue weighted by Gasteiger charge is -2.37. The Morgan fingerprint density at radius 3 is 2.42 bits per heavy atom. The maximum Gasteiger partial charge on any atom is 0.225 e. The molecule has 3 rings (SSSR count). The Balaban J connectivity index is 1.65. The van der Waals surface area contributed by atoms with Gasteiger partial charge in [-0.15, -0.1) is 0 Å². The smallest absolute Gasteiger partial charge is 0.225 e. The Labute approximate surface area is 147 Å². The molecule has 0 atom stereocenters. The fourth-order valence-corrected chi connectivity index (χ4v) is 3.41. The lowest BCUT2D eigenvalue weighted by Crippen LogP contribution is -2.44. The Morgan fingerprint density at radius 1 is 1.12 bits per heavy atom. The summed E-state index contributed by atoms with van der Waals surface area (Å²) >= 11 is 1.59. The summed E-state index contributed by atoms with van der Waals surface area (Å²) < 4.78 is 0. The second kappa shape index (κ2) is 7.34. The Hall–Kier alpha value is -1.89. The molecule has 1 aliphatic rings. The van der Waals surface area contributed by atoms with Crippen LogP contribution in [0.2, 0.25) is 0 Å². The molecule has 0 bridgehead atoms. The topological polar surface area (TPSA) is 58.0 Å². The number of rotatable bonds is 4. The van der Waals surface area contributed by atoms with E-state index in [1.54, 1.807) is 11.8 Å². The molecule has 7 heteroatoms. The van der Waals surface area contributed by atoms with E-state index < -0.39 is 0 Å². The minimum absolute atomic E-state index is 0.465. The highest BCUT2D eigenvalue weighted by Crippen LogP contribution is 2.24. The molecule has 0 N–H and O–H groups in total. The molecule has 2 aromatic heterocycles. The van der Waals surface area contributed by atoms with Gasteiger partial charge in [0.05, 0.1) is 0 Å². The third-order valence-corrected chi connectivity index (χ3v) is 4.97. The molecule has 1 saturated heterocycles. The van der Waals surface area contributed by atoms with Crippen molar-refractivity contribution in [1.82, 2.24) is 19.9 Å². The normalized spacial score (nSPS) is 15.6. The van der Waals surface area contributed by atoms with E-state index in [1.165, 1.54) is 0 Å². The number of aromatic nitrogens is 4. The first-order valence-electron chi connectivity index (χ1n) is 8.23. The molecular formula is C17H24N6S. The van der Waals surface area contributed by atoms with E-state index in [2.05, 4.69) is 42.8 Å². The van der Waals surface area contributed by atoms with Crippen molar-refractivity contribution in [2.24, 2.45) is 0 Å². The first-order chi connectivity index (χ1) is 11.6. The highest BCUT2D eigenvalue weighted by atomic mass is 32.2. The van der Waals surface area contributed by atoms with Gasteiger partial charge in [0.2, 0.25) is 5.95 Å². The largest absolute Gasteiger partial charge is 0.356 e. The fourth-order valence-electron chi connectivity index (χ4n) is 2.99. The van der Waals surface area contributed by atoms with E-state index in [1.807, 2.05) is 32.5 Å². The number of nitrogens with zero attached hydrogens (tertiary/aromatic N) is 6. The van der Waals surface area contributed by atoms with Crippen LogP contribution in [0.1, 0.15) is 24.1 Å². The third-order valence-electron chi connectivity index (χ3n) is 4.42. The van der Waals surface area contributed by atoms with Gasteiger partial charge in [0.15, 0.2) is 5.16 Å². The number of hydrogen-bond donors (Lipinski definition) is 0. The summed E-state index contributed by atoms with van der Waals surface area (Å²) in [5.74, 6) is 1.85. The van der Waals surface area contributed by atoms with Crippen molar-refractivity contribution in [3.63, 3.8) is 0 Å². The van der Waals surface area contributed by atoms with Gasteiger partial charge in [-0.25, -0.2) is 19.9 Å². The van der Waals surface area contributed by atoms with Crippen molar-refractivity contribution in [3.8, 4) is 0 Å². The van der Waals surface area contributed by atoms with Gasteiger partial charge >= 0.3 is 0 Å². The zero-order chi connectivity index (χ0) is 17.1. The average Bonchev–Trinajstić information content (AvgIpc) is 2.61. The average molecular weight is 344 g/mol. The van der Waals surface area contributed by atoms with Crippen LogP contribution in [-0.4, -0.2) is 52.4 Å². The minimum atomic E-state index is 0.465. The highest BCUT2D eigenvalue weighted by Gasteiger charge is 2.25. The standard InChI is InChI=1S/C17H24N6S/c1-12-10-18-16(19-11-12)22(3)14-5-7-23(8-6-14)15-9-13(2)20-17(21-15)24-4/h9-11,14H,5-8H2,1-4H3. The second-order valence-corrected chi connectivity index (χ2v) is 7.02. The van der Waals surface area contributed by atoms with Gasteiger partial charge in [0.1, 0.15) is 5.82 Å². The van der Waals surface area contributed by atoms with Crippen LogP contribution >= 0.6 is 11.8 Å². The molecule has 0 spiro atoms. The van der Waals surface area contributed by atoms with E-state index in [9.17, 15) is 0 Å². The predicted molar refractivity (Wildman–Crippen MR) is 99.0 cm³/mol. The molecule has 24 heavy (non-hydrogen) atoms. The van der Waals surface area contributed by atoms with Crippen molar-refractivity contribution in [1.29, 1.82) is 0 Å². The van der Waals surface area contributed by atoms with Crippen LogP contribution in [0.3, 0.4) is 0 Å². The van der Waals surface area contributed by atoms with Crippen LogP contribution < -0.4 is 9.80 Å². The van der Waals surface area contributed by atoms with Gasteiger partial charge in [-0.3, -0.25) is 0 Å². The molecular weight excluding hydrogens is 320 g/mol. The maximum atomic E-state index is 4.65. The van der Waals surface area contributed by atoms with E-state index in [4.69, 9.17) is 0 Å². The van der Waals surface area contributed by atoms with Gasteiger partial charge < -0.3 is 9.80 Å². The molecule has 1 aliphatic heterocycles. The molecule has 0 amide bonds. The SMILES string of the molecule is CSc1nc(C)cc(N2CCC(N(C)c3ncc(C)cn3)CC2)n1. The van der Waals surface area contributed by atoms with Crippen molar-refractivity contribution >= 4 is 23.5 Å². The Kier molecular flexibility index (Phi) is 5.18. The summed E-state index contributed by atoms with van der Waals surface area (Å²) in [6.07, 6.45) is 7.92. The van der Waals surface area contributed by atoms with Crippen LogP contribution in [0, 0.1) is 13.8 Å². The quantitative estimate of drug-likeness (QED) is 0.624. The molecule has 0 unspecified atom stereocenters. The molecule has 0 aromatic carbocycles. The zero-order valence-electron chi connectivity index (χ0n) is 14.7. The molecule has 0 aliphatic carbocycles. The van der Waals surface area contributed by atoms with E-state index in [0.29, 0.717) is 6.04 Å². The number of piperidine rings is 1. The van der Waals surface area contributed by atoms with Crippen LogP contribution in [0.4, 0.5) is 11.8 Å². The predicted octanol–water partition coefficient (Wildman–Crippen LogP) is 2.71. The van der Waals surface area contributed by atoms with E-state index >= 15 is 0 Å². The van der Waals surface area contributed by atoms with Gasteiger partial charge in [0.25, 0.3) is 0 Å². The first kappa shape index (κ1) is 17.0. The second-order valence-electron chi connectivity index (χ2n) is 6.24. The summed E-state index contributed by atoms with van der Waals surface area (Å²) in [6, 6.07) is 2.54. The van der Waals surface area contributed by atoms with Gasteiger partial charge in [0, 0.05) is 50.3 Å². The van der Waals surface area contributed by atoms with Crippen LogP contribution in [0.5, 0.6) is 0 Å². The highest BCUT2D eigenvalue weighted by molar-refractivity contribution is 7.98. The van der Waals surface area contributed by atoms with Crippen molar-refractivity contribution in [3.05, 3.63) is 29.7 Å². The monoisotopic (exact) mass is 344 g/mol. The minimum Gasteiger partial charge on any atom is -0.356 e. The van der Waals surface area contributed by atoms with Gasteiger partial charge in [-0.1, -0.05) is 11.8 Å². The lowest BCUT2D eigenvalue weighted by atomic mass is 10.0. The summed E-state index contributed by atoms with van der Waals surface area (Å²) in [5.41, 5.74) is 2.11.